The van der Waals surface area contributed by atoms with E-state index < -0.39 is 6.03 Å². The van der Waals surface area contributed by atoms with Crippen LogP contribution in [0.15, 0.2) is 59.7 Å². The molecule has 3 N–H and O–H groups in total. The van der Waals surface area contributed by atoms with Crippen LogP contribution < -0.4 is 10.9 Å². The number of amides is 2. The third-order valence-corrected chi connectivity index (χ3v) is 2.50. The third-order valence-electron chi connectivity index (χ3n) is 2.50. The maximum absolute atomic E-state index is 10.7. The summed E-state index contributed by atoms with van der Waals surface area (Å²) < 4.78 is 0. The van der Waals surface area contributed by atoms with Crippen molar-refractivity contribution in [3.63, 3.8) is 0 Å². The van der Waals surface area contributed by atoms with Crippen LogP contribution in [0, 0.1) is 0 Å². The third kappa shape index (κ3) is 3.65. The van der Waals surface area contributed by atoms with E-state index in [1.54, 1.807) is 0 Å². The van der Waals surface area contributed by atoms with Gasteiger partial charge in [0, 0.05) is 0 Å². The number of hydrogen-bond donors (Lipinski definition) is 3. The van der Waals surface area contributed by atoms with Gasteiger partial charge in [0.15, 0.2) is 0 Å². The molecule has 2 amide bonds. The molecule has 0 spiro atoms. The highest BCUT2D eigenvalue weighted by atomic mass is 16.5. The van der Waals surface area contributed by atoms with Crippen LogP contribution in [0.4, 0.5) is 4.79 Å². The molecule has 0 fully saturated rings. The summed E-state index contributed by atoms with van der Waals surface area (Å²) in [5, 5.41) is 11.9. The van der Waals surface area contributed by atoms with Crippen LogP contribution in [0.25, 0.3) is 11.1 Å². The molecule has 0 aliphatic carbocycles. The number of hydrazone groups is 1. The number of hydroxylamine groups is 1. The second-order valence-electron chi connectivity index (χ2n) is 3.80. The summed E-state index contributed by atoms with van der Waals surface area (Å²) >= 11 is 0. The molecule has 2 aromatic rings. The van der Waals surface area contributed by atoms with Crippen LogP contribution in [0.1, 0.15) is 5.56 Å². The number of hydrogen-bond acceptors (Lipinski definition) is 3. The number of benzene rings is 2. The van der Waals surface area contributed by atoms with Crippen molar-refractivity contribution in [1.29, 1.82) is 0 Å². The highest BCUT2D eigenvalue weighted by Crippen LogP contribution is 2.18. The van der Waals surface area contributed by atoms with Crippen LogP contribution in [0.5, 0.6) is 0 Å². The SMILES string of the molecule is O=C(NO)N/N=C\c1ccc(-c2ccccc2)cc1. The molecule has 0 heterocycles. The van der Waals surface area contributed by atoms with E-state index in [0.29, 0.717) is 0 Å². The molecule has 0 aliphatic rings. The molecule has 19 heavy (non-hydrogen) atoms. The first-order valence-electron chi connectivity index (χ1n) is 5.68. The van der Waals surface area contributed by atoms with Crippen molar-refractivity contribution < 1.29 is 10.0 Å². The van der Waals surface area contributed by atoms with E-state index in [9.17, 15) is 4.79 Å². The average Bonchev–Trinajstić information content (AvgIpc) is 2.48. The zero-order chi connectivity index (χ0) is 13.5. The van der Waals surface area contributed by atoms with Gasteiger partial charge in [-0.2, -0.15) is 5.10 Å². The maximum atomic E-state index is 10.7. The Kier molecular flexibility index (Phi) is 4.25. The maximum Gasteiger partial charge on any atom is 0.358 e. The molecule has 2 rings (SSSR count). The molecule has 5 heteroatoms. The lowest BCUT2D eigenvalue weighted by Crippen LogP contribution is -2.29. The molecular formula is C14H13N3O2. The van der Waals surface area contributed by atoms with Crippen LogP contribution in [-0.4, -0.2) is 17.5 Å². The van der Waals surface area contributed by atoms with E-state index in [0.717, 1.165) is 16.7 Å². The van der Waals surface area contributed by atoms with E-state index in [1.807, 2.05) is 54.6 Å². The van der Waals surface area contributed by atoms with Gasteiger partial charge in [-0.05, 0) is 16.7 Å². The molecule has 0 saturated carbocycles. The van der Waals surface area contributed by atoms with Crippen LogP contribution in [-0.2, 0) is 0 Å². The van der Waals surface area contributed by atoms with Gasteiger partial charge in [-0.25, -0.2) is 15.7 Å². The molecule has 96 valence electrons. The Morgan fingerprint density at radius 2 is 1.63 bits per heavy atom. The van der Waals surface area contributed by atoms with Crippen LogP contribution in [0.3, 0.4) is 0 Å². The normalized spacial score (nSPS) is 10.4. The molecule has 0 aliphatic heterocycles. The predicted molar refractivity (Wildman–Crippen MR) is 72.9 cm³/mol. The second kappa shape index (κ2) is 6.32. The molecule has 0 bridgehead atoms. The predicted octanol–water partition coefficient (Wildman–Crippen LogP) is 2.38. The van der Waals surface area contributed by atoms with E-state index in [2.05, 4.69) is 10.5 Å². The quantitative estimate of drug-likeness (QED) is 0.447. The first-order valence-corrected chi connectivity index (χ1v) is 5.68. The average molecular weight is 255 g/mol. The van der Waals surface area contributed by atoms with Gasteiger partial charge in [0.2, 0.25) is 0 Å². The van der Waals surface area contributed by atoms with Crippen molar-refractivity contribution in [3.8, 4) is 11.1 Å². The van der Waals surface area contributed by atoms with Crippen molar-refractivity contribution in [2.45, 2.75) is 0 Å². The minimum absolute atomic E-state index is 0.780. The summed E-state index contributed by atoms with van der Waals surface area (Å²) in [6.07, 6.45) is 1.49. The molecule has 0 unspecified atom stereocenters. The van der Waals surface area contributed by atoms with E-state index >= 15 is 0 Å². The highest BCUT2D eigenvalue weighted by molar-refractivity contribution is 5.82. The monoisotopic (exact) mass is 255 g/mol. The molecule has 0 aromatic heterocycles. The number of nitrogens with one attached hydrogen (secondary N) is 2. The molecule has 0 atom stereocenters. The van der Waals surface area contributed by atoms with Gasteiger partial charge in [-0.15, -0.1) is 0 Å². The van der Waals surface area contributed by atoms with Gasteiger partial charge in [0.25, 0.3) is 0 Å². The fourth-order valence-electron chi connectivity index (χ4n) is 1.58. The Balaban J connectivity index is 2.05. The van der Waals surface area contributed by atoms with Crippen molar-refractivity contribution >= 4 is 12.2 Å². The van der Waals surface area contributed by atoms with Crippen molar-refractivity contribution in [2.75, 3.05) is 0 Å². The van der Waals surface area contributed by atoms with E-state index in [4.69, 9.17) is 5.21 Å². The minimum atomic E-state index is -0.780. The van der Waals surface area contributed by atoms with Gasteiger partial charge in [-0.1, -0.05) is 54.6 Å². The Morgan fingerprint density at radius 3 is 2.26 bits per heavy atom. The van der Waals surface area contributed by atoms with Gasteiger partial charge < -0.3 is 0 Å². The van der Waals surface area contributed by atoms with E-state index in [1.165, 1.54) is 11.7 Å². The number of carbonyl (C=O) groups is 1. The highest BCUT2D eigenvalue weighted by Gasteiger charge is 1.96. The number of nitrogens with zero attached hydrogens (tertiary/aromatic N) is 1. The largest absolute Gasteiger partial charge is 0.358 e. The summed E-state index contributed by atoms with van der Waals surface area (Å²) in [7, 11) is 0. The first-order chi connectivity index (χ1) is 9.29. The molecule has 0 radical (unpaired) electrons. The molecule has 2 aromatic carbocycles. The molecular weight excluding hydrogens is 242 g/mol. The van der Waals surface area contributed by atoms with Crippen molar-refractivity contribution in [1.82, 2.24) is 10.9 Å². The molecule has 5 nitrogen and oxygen atoms in total. The summed E-state index contributed by atoms with van der Waals surface area (Å²) in [5.41, 5.74) is 6.61. The number of carbonyl (C=O) groups excluding carboxylic acids is 1. The summed E-state index contributed by atoms with van der Waals surface area (Å²) in [6.45, 7) is 0. The van der Waals surface area contributed by atoms with Crippen molar-refractivity contribution in [3.05, 3.63) is 60.2 Å². The second-order valence-corrected chi connectivity index (χ2v) is 3.80. The first kappa shape index (κ1) is 12.8. The smallest absolute Gasteiger partial charge is 0.287 e. The Labute approximate surface area is 110 Å². The Bertz CT molecular complexity index is 565. The zero-order valence-corrected chi connectivity index (χ0v) is 10.1. The summed E-state index contributed by atoms with van der Waals surface area (Å²) in [4.78, 5) is 10.7. The van der Waals surface area contributed by atoms with Gasteiger partial charge in [-0.3, -0.25) is 5.21 Å². The van der Waals surface area contributed by atoms with Gasteiger partial charge >= 0.3 is 6.03 Å². The van der Waals surface area contributed by atoms with Crippen molar-refractivity contribution in [2.24, 2.45) is 5.10 Å². The fourth-order valence-corrected chi connectivity index (χ4v) is 1.58. The lowest BCUT2D eigenvalue weighted by molar-refractivity contribution is 0.162. The van der Waals surface area contributed by atoms with Crippen LogP contribution in [0.2, 0.25) is 0 Å². The lowest BCUT2D eigenvalue weighted by atomic mass is 10.0. The lowest BCUT2D eigenvalue weighted by Gasteiger charge is -2.01. The number of rotatable bonds is 3. The van der Waals surface area contributed by atoms with Gasteiger partial charge in [0.1, 0.15) is 0 Å². The fraction of sp³-hybridized carbons (Fsp3) is 0. The standard InChI is InChI=1S/C14H13N3O2/c18-14(17-19)16-15-10-11-6-8-13(9-7-11)12-4-2-1-3-5-12/h1-10,19H,(H2,16,17,18)/b15-10-. The van der Waals surface area contributed by atoms with E-state index in [-0.39, 0.29) is 0 Å². The van der Waals surface area contributed by atoms with Gasteiger partial charge in [0.05, 0.1) is 6.21 Å². The summed E-state index contributed by atoms with van der Waals surface area (Å²) in [6, 6.07) is 17.0. The summed E-state index contributed by atoms with van der Waals surface area (Å²) in [5.74, 6) is 0. The Hall–Kier alpha value is -2.66. The molecule has 0 saturated heterocycles. The minimum Gasteiger partial charge on any atom is -0.287 e. The number of urea groups is 1. The zero-order valence-electron chi connectivity index (χ0n) is 10.1. The topological polar surface area (TPSA) is 73.7 Å². The van der Waals surface area contributed by atoms with Crippen LogP contribution >= 0.6 is 0 Å². The Morgan fingerprint density at radius 1 is 1.00 bits per heavy atom.